The molecule has 5 rings (SSSR count). The molecule has 54 heavy (non-hydrogen) atoms. The van der Waals surface area contributed by atoms with Crippen LogP contribution in [-0.2, 0) is 26.7 Å². The van der Waals surface area contributed by atoms with Crippen LogP contribution in [0, 0.1) is 0 Å². The van der Waals surface area contributed by atoms with E-state index in [1.807, 2.05) is 62.2 Å². The number of fused-ring (bicyclic) bond motifs is 1. The Morgan fingerprint density at radius 3 is 1.74 bits per heavy atom. The number of aromatic nitrogens is 8. The highest BCUT2D eigenvalue weighted by Gasteiger charge is 2.40. The van der Waals surface area contributed by atoms with E-state index >= 15 is 0 Å². The third-order valence-corrected chi connectivity index (χ3v) is 19.9. The smallest absolute Gasteiger partial charge is 0.192 e. The van der Waals surface area contributed by atoms with E-state index < -0.39 is 16.6 Å². The molecule has 0 bridgehead atoms. The number of nitrogens with zero attached hydrogens (tertiary/aromatic N) is 8. The molecule has 0 unspecified atom stereocenters. The van der Waals surface area contributed by atoms with Gasteiger partial charge in [-0.25, -0.2) is 4.98 Å². The molecule has 292 valence electrons. The molecule has 5 aromatic rings. The molecule has 0 aromatic carbocycles. The van der Waals surface area contributed by atoms with Crippen LogP contribution in [0.4, 0.5) is 17.5 Å². The fourth-order valence-electron chi connectivity index (χ4n) is 4.81. The molecule has 0 amide bonds. The van der Waals surface area contributed by atoms with Crippen molar-refractivity contribution >= 4 is 45.1 Å². The molecule has 0 spiro atoms. The van der Waals surface area contributed by atoms with E-state index in [-0.39, 0.29) is 20.9 Å². The summed E-state index contributed by atoms with van der Waals surface area (Å²) in [7, 11) is -1.68. The molecule has 14 heteroatoms. The third kappa shape index (κ3) is 10.8. The molecule has 0 atom stereocenters. The minimum atomic E-state index is -1.85. The van der Waals surface area contributed by atoms with E-state index in [2.05, 4.69) is 131 Å². The molecule has 0 aliphatic heterocycles. The van der Waals surface area contributed by atoms with Crippen LogP contribution in [0.25, 0.3) is 22.2 Å². The highest BCUT2D eigenvalue weighted by molar-refractivity contribution is 6.74. The monoisotopic (exact) mass is 770 g/mol. The average molecular weight is 771 g/mol. The standard InChI is InChI=1S/C26H35N7OSi.C14H27N3OSi/c1-25(2,3)35(7,8)34-17-26(4,5)20-12-24(32-28-15-20)31-23-10-9-21-22(30-23)11-18(13-27-21)19-14-29-33(6)16-19;1-13(2,3)19(6,7)18-10-14(4,5)11-8-12(15)17-16-9-11/h9-16H,17H2,1-8H3,(H,30,31,32);8-9H,10H2,1-7H3,(H2,15,17). The fraction of sp³-hybridized carbons (Fsp3) is 0.525. The van der Waals surface area contributed by atoms with Crippen molar-refractivity contribution in [3.8, 4) is 11.1 Å². The first kappa shape index (κ1) is 42.6. The summed E-state index contributed by atoms with van der Waals surface area (Å²) in [5.74, 6) is 1.79. The Bertz CT molecular complexity index is 2030. The summed E-state index contributed by atoms with van der Waals surface area (Å²) in [6.45, 7) is 32.6. The van der Waals surface area contributed by atoms with Gasteiger partial charge in [0.2, 0.25) is 0 Å². The van der Waals surface area contributed by atoms with Crippen LogP contribution in [0.5, 0.6) is 0 Å². The highest BCUT2D eigenvalue weighted by atomic mass is 28.4. The van der Waals surface area contributed by atoms with Crippen molar-refractivity contribution in [1.29, 1.82) is 0 Å². The topological polar surface area (TPSA) is 152 Å². The van der Waals surface area contributed by atoms with Gasteiger partial charge in [-0.3, -0.25) is 9.67 Å². The second kappa shape index (κ2) is 15.9. The van der Waals surface area contributed by atoms with Gasteiger partial charge in [0.25, 0.3) is 0 Å². The summed E-state index contributed by atoms with van der Waals surface area (Å²) in [4.78, 5) is 9.32. The van der Waals surface area contributed by atoms with Crippen LogP contribution in [-0.4, -0.2) is 70.0 Å². The van der Waals surface area contributed by atoms with Crippen LogP contribution >= 0.6 is 0 Å². The van der Waals surface area contributed by atoms with Crippen LogP contribution in [0.15, 0.2) is 61.3 Å². The second-order valence-electron chi connectivity index (χ2n) is 18.6. The molecule has 0 fully saturated rings. The number of rotatable bonds is 11. The molecule has 0 aliphatic carbocycles. The first-order valence-corrected chi connectivity index (χ1v) is 24.3. The predicted molar refractivity (Wildman–Crippen MR) is 226 cm³/mol. The third-order valence-electron chi connectivity index (χ3n) is 10.9. The summed E-state index contributed by atoms with van der Waals surface area (Å²) in [6.07, 6.45) is 9.21. The van der Waals surface area contributed by atoms with Crippen molar-refractivity contribution in [3.63, 3.8) is 0 Å². The molecular formula is C40H62N10O2Si2. The molecule has 3 N–H and O–H groups in total. The van der Waals surface area contributed by atoms with Gasteiger partial charge >= 0.3 is 0 Å². The summed E-state index contributed by atoms with van der Waals surface area (Å²) in [5.41, 5.74) is 11.1. The molecule has 0 aliphatic rings. The summed E-state index contributed by atoms with van der Waals surface area (Å²) < 4.78 is 14.6. The van der Waals surface area contributed by atoms with E-state index in [0.29, 0.717) is 30.7 Å². The highest BCUT2D eigenvalue weighted by Crippen LogP contribution is 2.39. The Morgan fingerprint density at radius 2 is 1.22 bits per heavy atom. The quantitative estimate of drug-likeness (QED) is 0.124. The largest absolute Gasteiger partial charge is 0.416 e. The average Bonchev–Trinajstić information content (AvgIpc) is 3.52. The minimum absolute atomic E-state index is 0.112. The number of hydrogen-bond acceptors (Lipinski definition) is 11. The van der Waals surface area contributed by atoms with Crippen molar-refractivity contribution in [2.24, 2.45) is 7.05 Å². The zero-order valence-electron chi connectivity index (χ0n) is 35.2. The normalized spacial score (nSPS) is 13.1. The van der Waals surface area contributed by atoms with E-state index in [0.717, 1.165) is 33.3 Å². The second-order valence-corrected chi connectivity index (χ2v) is 28.2. The maximum atomic E-state index is 6.51. The number of pyridine rings is 2. The molecule has 0 saturated heterocycles. The number of nitrogen functional groups attached to an aromatic ring is 1. The van der Waals surface area contributed by atoms with Crippen molar-refractivity contribution < 1.29 is 8.85 Å². The molecule has 12 nitrogen and oxygen atoms in total. The van der Waals surface area contributed by atoms with Crippen molar-refractivity contribution in [1.82, 2.24) is 40.1 Å². The van der Waals surface area contributed by atoms with E-state index in [1.54, 1.807) is 10.9 Å². The van der Waals surface area contributed by atoms with Gasteiger partial charge in [-0.2, -0.15) is 15.3 Å². The van der Waals surface area contributed by atoms with Crippen molar-refractivity contribution in [3.05, 3.63) is 72.4 Å². The Morgan fingerprint density at radius 1 is 0.667 bits per heavy atom. The van der Waals surface area contributed by atoms with Crippen LogP contribution in [0.1, 0.15) is 80.4 Å². The maximum Gasteiger partial charge on any atom is 0.192 e. The van der Waals surface area contributed by atoms with Crippen molar-refractivity contribution in [2.45, 2.75) is 116 Å². The predicted octanol–water partition coefficient (Wildman–Crippen LogP) is 9.22. The maximum absolute atomic E-state index is 6.51. The summed E-state index contributed by atoms with van der Waals surface area (Å²) in [5, 5.41) is 24.2. The number of nitrogens with two attached hydrogens (primary N) is 1. The molecule has 5 heterocycles. The van der Waals surface area contributed by atoms with Gasteiger partial charge in [0, 0.05) is 54.6 Å². The Hall–Kier alpha value is -4.12. The molecule has 5 aromatic heterocycles. The Balaban J connectivity index is 0.000000290. The number of hydrogen-bond donors (Lipinski definition) is 2. The van der Waals surface area contributed by atoms with Crippen LogP contribution in [0.3, 0.4) is 0 Å². The number of anilines is 3. The zero-order chi connectivity index (χ0) is 40.3. The Labute approximate surface area is 324 Å². The zero-order valence-corrected chi connectivity index (χ0v) is 37.2. The van der Waals surface area contributed by atoms with Gasteiger partial charge in [-0.05, 0) is 77.7 Å². The summed E-state index contributed by atoms with van der Waals surface area (Å²) >= 11 is 0. The van der Waals surface area contributed by atoms with E-state index in [9.17, 15) is 0 Å². The van der Waals surface area contributed by atoms with Gasteiger partial charge in [-0.1, -0.05) is 69.2 Å². The Kier molecular flexibility index (Phi) is 12.6. The lowest BCUT2D eigenvalue weighted by molar-refractivity contribution is 0.220. The van der Waals surface area contributed by atoms with E-state index in [4.69, 9.17) is 19.6 Å². The first-order valence-electron chi connectivity index (χ1n) is 18.5. The first-order chi connectivity index (χ1) is 24.8. The lowest BCUT2D eigenvalue weighted by Crippen LogP contribution is -2.44. The lowest BCUT2D eigenvalue weighted by Gasteiger charge is -2.39. The van der Waals surface area contributed by atoms with Gasteiger partial charge in [0.1, 0.15) is 11.6 Å². The SMILES string of the molecule is CC(C)(CO[Si](C)(C)C(C)(C)C)c1cnnc(N)c1.Cn1cc(-c2cnc3ccc(Nc4cc(C(C)(C)CO[Si](C)(C)C(C)(C)C)cnn4)nc3c2)cn1. The fourth-order valence-corrected chi connectivity index (χ4v) is 7.12. The number of nitrogens with one attached hydrogen (secondary N) is 1. The van der Waals surface area contributed by atoms with Gasteiger partial charge in [0.05, 0.1) is 29.6 Å². The lowest BCUT2D eigenvalue weighted by atomic mass is 9.87. The minimum Gasteiger partial charge on any atom is -0.416 e. The van der Waals surface area contributed by atoms with Gasteiger partial charge in [0.15, 0.2) is 22.5 Å². The van der Waals surface area contributed by atoms with Crippen LogP contribution in [0.2, 0.25) is 36.3 Å². The molecule has 0 radical (unpaired) electrons. The summed E-state index contributed by atoms with van der Waals surface area (Å²) in [6, 6.07) is 9.78. The van der Waals surface area contributed by atoms with E-state index in [1.165, 1.54) is 0 Å². The van der Waals surface area contributed by atoms with Gasteiger partial charge < -0.3 is 19.9 Å². The molecular weight excluding hydrogens is 709 g/mol. The van der Waals surface area contributed by atoms with Crippen LogP contribution < -0.4 is 11.1 Å². The van der Waals surface area contributed by atoms with Crippen molar-refractivity contribution in [2.75, 3.05) is 24.3 Å². The van der Waals surface area contributed by atoms with Gasteiger partial charge in [-0.15, -0.1) is 10.2 Å². The molecule has 0 saturated carbocycles. The number of aryl methyl sites for hydroxylation is 1.